The number of aryl methyl sites for hydroxylation is 8. The molecule has 8 aromatic rings. The molecule has 0 spiro atoms. The van der Waals surface area contributed by atoms with Gasteiger partial charge >= 0.3 is 23.1 Å². The molecule has 0 fully saturated rings. The van der Waals surface area contributed by atoms with E-state index in [4.69, 9.17) is 0 Å². The zero-order valence-electron chi connectivity index (χ0n) is 36.3. The Bertz CT molecular complexity index is 1990. The molecule has 0 bridgehead atoms. The molecule has 288 valence electrons. The summed E-state index contributed by atoms with van der Waals surface area (Å²) < 4.78 is 0. The zero-order chi connectivity index (χ0) is 40.9. The standard InChI is InChI=1S/2C28H28B.Mg/c2*1-21-5-13-25(14-6-21)29(26-15-7-22(2)8-16-26,27-17-9-23(3)10-18-27)28-19-11-24(4)12-20-28;/h2*5-20H,1-4H3;/q2*-1;+2. The summed E-state index contributed by atoms with van der Waals surface area (Å²) in [5.74, 6) is 0. The molecule has 0 unspecified atom stereocenters. The normalized spacial score (nSPS) is 11.3. The maximum absolute atomic E-state index is 2.31. The average molecular weight is 775 g/mol. The van der Waals surface area contributed by atoms with Gasteiger partial charge in [-0.05, 0) is 55.4 Å². The van der Waals surface area contributed by atoms with Gasteiger partial charge in [0.05, 0.1) is 0 Å². The second kappa shape index (κ2) is 18.7. The van der Waals surface area contributed by atoms with E-state index in [1.165, 1.54) is 88.2 Å². The molecule has 0 N–H and O–H groups in total. The second-order valence-corrected chi connectivity index (χ2v) is 17.0. The van der Waals surface area contributed by atoms with Crippen molar-refractivity contribution in [1.82, 2.24) is 0 Å². The van der Waals surface area contributed by atoms with E-state index in [1.807, 2.05) is 0 Å². The summed E-state index contributed by atoms with van der Waals surface area (Å²) in [4.78, 5) is 0. The Morgan fingerprint density at radius 1 is 0.169 bits per heavy atom. The van der Waals surface area contributed by atoms with Gasteiger partial charge < -0.3 is 0 Å². The van der Waals surface area contributed by atoms with E-state index in [1.54, 1.807) is 0 Å². The van der Waals surface area contributed by atoms with Crippen LogP contribution in [0.15, 0.2) is 194 Å². The molecule has 8 aromatic carbocycles. The quantitative estimate of drug-likeness (QED) is 0.137. The predicted octanol–water partition coefficient (Wildman–Crippen LogP) is 8.21. The Kier molecular flexibility index (Phi) is 13.7. The summed E-state index contributed by atoms with van der Waals surface area (Å²) >= 11 is 0. The smallest absolute Gasteiger partial charge is 0.195 e. The van der Waals surface area contributed by atoms with Gasteiger partial charge in [-0.2, -0.15) is 43.7 Å². The Labute approximate surface area is 370 Å². The minimum absolute atomic E-state index is 0. The van der Waals surface area contributed by atoms with E-state index in [0.717, 1.165) is 0 Å². The van der Waals surface area contributed by atoms with Crippen LogP contribution in [0.2, 0.25) is 0 Å². The van der Waals surface area contributed by atoms with E-state index >= 15 is 0 Å². The van der Waals surface area contributed by atoms with Crippen LogP contribution in [-0.2, 0) is 0 Å². The number of hydrogen-bond acceptors (Lipinski definition) is 0. The van der Waals surface area contributed by atoms with Crippen molar-refractivity contribution in [2.24, 2.45) is 0 Å². The van der Waals surface area contributed by atoms with E-state index in [0.29, 0.717) is 0 Å². The molecule has 0 saturated carbocycles. The van der Waals surface area contributed by atoms with Crippen LogP contribution < -0.4 is 43.7 Å². The first-order chi connectivity index (χ1) is 28.0. The minimum Gasteiger partial charge on any atom is -0.195 e. The van der Waals surface area contributed by atoms with Gasteiger partial charge in [-0.1, -0.05) is 239 Å². The van der Waals surface area contributed by atoms with Gasteiger partial charge in [-0.3, -0.25) is 0 Å². The van der Waals surface area contributed by atoms with Crippen molar-refractivity contribution in [2.45, 2.75) is 55.4 Å². The van der Waals surface area contributed by atoms with Crippen molar-refractivity contribution >= 4 is 79.0 Å². The molecule has 0 nitrogen and oxygen atoms in total. The van der Waals surface area contributed by atoms with Gasteiger partial charge in [0.25, 0.3) is 0 Å². The molecule has 0 radical (unpaired) electrons. The summed E-state index contributed by atoms with van der Waals surface area (Å²) in [7, 11) is 0. The van der Waals surface area contributed by atoms with Crippen molar-refractivity contribution in [3.8, 4) is 0 Å². The van der Waals surface area contributed by atoms with Crippen LogP contribution in [0.3, 0.4) is 0 Å². The van der Waals surface area contributed by atoms with Crippen molar-refractivity contribution in [2.75, 3.05) is 0 Å². The zero-order valence-corrected chi connectivity index (χ0v) is 37.8. The van der Waals surface area contributed by atoms with Crippen molar-refractivity contribution in [3.05, 3.63) is 239 Å². The van der Waals surface area contributed by atoms with Gasteiger partial charge in [-0.25, -0.2) is 0 Å². The third-order valence-corrected chi connectivity index (χ3v) is 12.6. The summed E-state index contributed by atoms with van der Waals surface area (Å²) in [5.41, 5.74) is 21.1. The number of hydrogen-bond donors (Lipinski definition) is 0. The third kappa shape index (κ3) is 8.98. The second-order valence-electron chi connectivity index (χ2n) is 17.0. The summed E-state index contributed by atoms with van der Waals surface area (Å²) in [5, 5.41) is 0. The minimum atomic E-state index is -1.27. The molecule has 0 aromatic heterocycles. The van der Waals surface area contributed by atoms with E-state index in [9.17, 15) is 0 Å². The molecule has 59 heavy (non-hydrogen) atoms. The summed E-state index contributed by atoms with van der Waals surface area (Å²) in [6.45, 7) is 17.2. The van der Waals surface area contributed by atoms with E-state index in [-0.39, 0.29) is 23.1 Å². The van der Waals surface area contributed by atoms with Gasteiger partial charge in [0, 0.05) is 0 Å². The molecule has 0 aliphatic rings. The van der Waals surface area contributed by atoms with Crippen LogP contribution in [0.1, 0.15) is 44.5 Å². The maximum atomic E-state index is 2.31. The first-order valence-corrected chi connectivity index (χ1v) is 20.9. The SMILES string of the molecule is Cc1ccc([B-](c2ccc(C)cc2)(c2ccc(C)cc2)c2ccc(C)cc2)cc1.Cc1ccc([B-](c2ccc(C)cc2)(c2ccc(C)cc2)c2ccc(C)cc2)cc1.[Mg+2]. The fourth-order valence-electron chi connectivity index (χ4n) is 9.15. The van der Waals surface area contributed by atoms with Gasteiger partial charge in [0.15, 0.2) is 0 Å². The van der Waals surface area contributed by atoms with Crippen molar-refractivity contribution in [1.29, 1.82) is 0 Å². The number of rotatable bonds is 8. The van der Waals surface area contributed by atoms with Crippen LogP contribution in [0.25, 0.3) is 0 Å². The van der Waals surface area contributed by atoms with Crippen LogP contribution >= 0.6 is 0 Å². The molecule has 0 saturated heterocycles. The molecule has 8 rings (SSSR count). The molecule has 0 heterocycles. The van der Waals surface area contributed by atoms with Crippen LogP contribution in [0.4, 0.5) is 0 Å². The predicted molar refractivity (Wildman–Crippen MR) is 264 cm³/mol. The first-order valence-electron chi connectivity index (χ1n) is 20.9. The fraction of sp³-hybridized carbons (Fsp3) is 0.143. The largest absolute Gasteiger partial charge is 2.00 e. The Morgan fingerprint density at radius 3 is 0.339 bits per heavy atom. The number of benzene rings is 8. The first kappa shape index (κ1) is 43.2. The Hall–Kier alpha value is -5.34. The molecule has 0 aliphatic heterocycles. The monoisotopic (exact) mass is 774 g/mol. The Balaban J connectivity index is 0.000000195. The molecular formula is C56H56B2Mg. The Morgan fingerprint density at radius 2 is 0.254 bits per heavy atom. The molecule has 0 atom stereocenters. The topological polar surface area (TPSA) is 0 Å². The van der Waals surface area contributed by atoms with E-state index in [2.05, 4.69) is 250 Å². The summed E-state index contributed by atoms with van der Waals surface area (Å²) in [6.07, 6.45) is -2.55. The van der Waals surface area contributed by atoms with Crippen LogP contribution in [0.5, 0.6) is 0 Å². The fourth-order valence-corrected chi connectivity index (χ4v) is 9.15. The van der Waals surface area contributed by atoms with Gasteiger partial charge in [0.1, 0.15) is 12.3 Å². The molecule has 0 amide bonds. The third-order valence-electron chi connectivity index (χ3n) is 12.6. The van der Waals surface area contributed by atoms with Crippen molar-refractivity contribution in [3.63, 3.8) is 0 Å². The van der Waals surface area contributed by atoms with Crippen molar-refractivity contribution < 1.29 is 0 Å². The molecule has 3 heteroatoms. The van der Waals surface area contributed by atoms with Gasteiger partial charge in [0.2, 0.25) is 0 Å². The van der Waals surface area contributed by atoms with Gasteiger partial charge in [-0.15, -0.1) is 0 Å². The molecular weight excluding hydrogens is 719 g/mol. The average Bonchev–Trinajstić information content (AvgIpc) is 3.23. The summed E-state index contributed by atoms with van der Waals surface area (Å²) in [6, 6.07) is 72.8. The van der Waals surface area contributed by atoms with Crippen LogP contribution in [-0.4, -0.2) is 35.3 Å². The molecule has 0 aliphatic carbocycles. The van der Waals surface area contributed by atoms with Crippen LogP contribution in [0, 0.1) is 55.4 Å². The van der Waals surface area contributed by atoms with E-state index < -0.39 is 12.3 Å². The maximum Gasteiger partial charge on any atom is 2.00 e.